The minimum atomic E-state index is -0.515. The summed E-state index contributed by atoms with van der Waals surface area (Å²) in [4.78, 5) is 26.3. The zero-order valence-electron chi connectivity index (χ0n) is 15.4. The van der Waals surface area contributed by atoms with E-state index in [-0.39, 0.29) is 23.8 Å². The summed E-state index contributed by atoms with van der Waals surface area (Å²) >= 11 is 0. The van der Waals surface area contributed by atoms with Crippen molar-refractivity contribution in [1.82, 2.24) is 14.7 Å². The third-order valence-electron chi connectivity index (χ3n) is 3.51. The number of hydrogen-bond donors (Lipinski definition) is 0. The molecule has 0 spiro atoms. The van der Waals surface area contributed by atoms with Gasteiger partial charge in [-0.05, 0) is 24.6 Å². The highest BCUT2D eigenvalue weighted by molar-refractivity contribution is 6.04. The van der Waals surface area contributed by atoms with Gasteiger partial charge in [-0.25, -0.2) is 4.79 Å². The van der Waals surface area contributed by atoms with E-state index in [0.29, 0.717) is 12.3 Å². The molecule has 7 heteroatoms. The molecule has 0 aliphatic carbocycles. The van der Waals surface area contributed by atoms with E-state index in [1.807, 2.05) is 38.4 Å². The van der Waals surface area contributed by atoms with Crippen LogP contribution >= 0.6 is 0 Å². The van der Waals surface area contributed by atoms with Crippen molar-refractivity contribution in [2.75, 3.05) is 27.8 Å². The summed E-state index contributed by atoms with van der Waals surface area (Å²) in [6.45, 7) is 2.29. The van der Waals surface area contributed by atoms with Crippen LogP contribution < -0.4 is 4.74 Å². The number of aromatic nitrogens is 2. The third-order valence-corrected chi connectivity index (χ3v) is 3.51. The van der Waals surface area contributed by atoms with Crippen LogP contribution in [0.5, 0.6) is 5.75 Å². The van der Waals surface area contributed by atoms with Crippen LogP contribution in [-0.2, 0) is 11.3 Å². The molecule has 0 radical (unpaired) electrons. The zero-order chi connectivity index (χ0) is 19.1. The SMILES string of the molecule is CCOC(=O)c1cc(C(=O)C=CN(C)C)nn1Cc1cccc(OC)c1. The lowest BCUT2D eigenvalue weighted by atomic mass is 10.2. The molecule has 0 atom stereocenters. The Balaban J connectivity index is 2.35. The van der Waals surface area contributed by atoms with Crippen LogP contribution in [0.25, 0.3) is 0 Å². The van der Waals surface area contributed by atoms with Gasteiger partial charge in [-0.1, -0.05) is 12.1 Å². The van der Waals surface area contributed by atoms with Gasteiger partial charge in [-0.3, -0.25) is 9.48 Å². The lowest BCUT2D eigenvalue weighted by molar-refractivity contribution is 0.0512. The molecule has 0 N–H and O–H groups in total. The first-order valence-corrected chi connectivity index (χ1v) is 8.21. The standard InChI is InChI=1S/C19H23N3O4/c1-5-26-19(24)17-12-16(18(23)9-10-21(2)3)20-22(17)13-14-7-6-8-15(11-14)25-4/h6-12H,5,13H2,1-4H3. The first-order valence-electron chi connectivity index (χ1n) is 8.21. The summed E-state index contributed by atoms with van der Waals surface area (Å²) in [6.07, 6.45) is 3.04. The summed E-state index contributed by atoms with van der Waals surface area (Å²) < 4.78 is 11.8. The fourth-order valence-electron chi connectivity index (χ4n) is 2.27. The number of benzene rings is 1. The quantitative estimate of drug-likeness (QED) is 0.410. The molecule has 0 unspecified atom stereocenters. The molecule has 0 saturated carbocycles. The number of ketones is 1. The summed E-state index contributed by atoms with van der Waals surface area (Å²) in [6, 6.07) is 8.89. The predicted octanol–water partition coefficient (Wildman–Crippen LogP) is 2.37. The summed E-state index contributed by atoms with van der Waals surface area (Å²) in [5.74, 6) is -0.0928. The Labute approximate surface area is 152 Å². The molecule has 0 saturated heterocycles. The van der Waals surface area contributed by atoms with Crippen molar-refractivity contribution in [3.63, 3.8) is 0 Å². The van der Waals surface area contributed by atoms with Crippen LogP contribution in [0.2, 0.25) is 0 Å². The lowest BCUT2D eigenvalue weighted by Crippen LogP contribution is -2.14. The second-order valence-corrected chi connectivity index (χ2v) is 5.79. The Morgan fingerprint density at radius 1 is 1.27 bits per heavy atom. The number of methoxy groups -OCH3 is 1. The number of allylic oxidation sites excluding steroid dienone is 1. The lowest BCUT2D eigenvalue weighted by Gasteiger charge is -2.08. The van der Waals surface area contributed by atoms with E-state index in [1.165, 1.54) is 16.8 Å². The molecule has 2 rings (SSSR count). The Morgan fingerprint density at radius 2 is 2.04 bits per heavy atom. The van der Waals surface area contributed by atoms with Gasteiger partial charge >= 0.3 is 5.97 Å². The fraction of sp³-hybridized carbons (Fsp3) is 0.316. The second-order valence-electron chi connectivity index (χ2n) is 5.79. The molecule has 0 bridgehead atoms. The van der Waals surface area contributed by atoms with Gasteiger partial charge in [-0.15, -0.1) is 0 Å². The van der Waals surface area contributed by atoms with Gasteiger partial charge in [0.25, 0.3) is 0 Å². The Morgan fingerprint density at radius 3 is 2.69 bits per heavy atom. The largest absolute Gasteiger partial charge is 0.497 e. The number of rotatable bonds is 8. The zero-order valence-corrected chi connectivity index (χ0v) is 15.4. The van der Waals surface area contributed by atoms with Gasteiger partial charge in [0.2, 0.25) is 5.78 Å². The average Bonchev–Trinajstić information content (AvgIpc) is 3.04. The van der Waals surface area contributed by atoms with Gasteiger partial charge in [0.1, 0.15) is 17.1 Å². The first kappa shape index (κ1) is 19.2. The van der Waals surface area contributed by atoms with E-state index in [2.05, 4.69) is 5.10 Å². The predicted molar refractivity (Wildman–Crippen MR) is 97.4 cm³/mol. The van der Waals surface area contributed by atoms with E-state index in [4.69, 9.17) is 9.47 Å². The van der Waals surface area contributed by atoms with Gasteiger partial charge in [0.05, 0.1) is 20.3 Å². The van der Waals surface area contributed by atoms with Crippen molar-refractivity contribution in [2.45, 2.75) is 13.5 Å². The summed E-state index contributed by atoms with van der Waals surface area (Å²) in [7, 11) is 5.22. The highest BCUT2D eigenvalue weighted by Crippen LogP contribution is 2.16. The monoisotopic (exact) mass is 357 g/mol. The second kappa shape index (κ2) is 8.84. The minimum absolute atomic E-state index is 0.189. The molecule has 0 aliphatic rings. The molecule has 2 aromatic rings. The number of carbonyl (C=O) groups excluding carboxylic acids is 2. The number of esters is 1. The van der Waals surface area contributed by atoms with Gasteiger partial charge in [0.15, 0.2) is 0 Å². The van der Waals surface area contributed by atoms with Crippen LogP contribution in [0, 0.1) is 0 Å². The molecule has 0 aliphatic heterocycles. The highest BCUT2D eigenvalue weighted by Gasteiger charge is 2.19. The number of ether oxygens (including phenoxy) is 2. The van der Waals surface area contributed by atoms with Crippen LogP contribution in [0.1, 0.15) is 33.5 Å². The molecule has 1 heterocycles. The van der Waals surface area contributed by atoms with Crippen molar-refractivity contribution >= 4 is 11.8 Å². The Bertz CT molecular complexity index is 809. The average molecular weight is 357 g/mol. The maximum absolute atomic E-state index is 12.3. The fourth-order valence-corrected chi connectivity index (χ4v) is 2.27. The molecule has 1 aromatic heterocycles. The highest BCUT2D eigenvalue weighted by atomic mass is 16.5. The van der Waals surface area contributed by atoms with Crippen molar-refractivity contribution in [3.8, 4) is 5.75 Å². The van der Waals surface area contributed by atoms with Crippen molar-refractivity contribution in [3.05, 3.63) is 59.6 Å². The van der Waals surface area contributed by atoms with Gasteiger partial charge in [0, 0.05) is 32.4 Å². The molecular weight excluding hydrogens is 334 g/mol. The maximum atomic E-state index is 12.3. The third kappa shape index (κ3) is 4.95. The van der Waals surface area contributed by atoms with Crippen LogP contribution in [0.15, 0.2) is 42.6 Å². The molecular formula is C19H23N3O4. The van der Waals surface area contributed by atoms with Crippen LogP contribution in [0.3, 0.4) is 0 Å². The molecule has 138 valence electrons. The number of nitrogens with zero attached hydrogens (tertiary/aromatic N) is 3. The Hall–Kier alpha value is -3.09. The van der Waals surface area contributed by atoms with Gasteiger partial charge in [-0.2, -0.15) is 5.10 Å². The van der Waals surface area contributed by atoms with E-state index in [9.17, 15) is 9.59 Å². The van der Waals surface area contributed by atoms with E-state index < -0.39 is 5.97 Å². The minimum Gasteiger partial charge on any atom is -0.497 e. The van der Waals surface area contributed by atoms with E-state index >= 15 is 0 Å². The van der Waals surface area contributed by atoms with E-state index in [1.54, 1.807) is 25.1 Å². The van der Waals surface area contributed by atoms with E-state index in [0.717, 1.165) is 5.56 Å². The topological polar surface area (TPSA) is 73.7 Å². The normalized spacial score (nSPS) is 10.8. The maximum Gasteiger partial charge on any atom is 0.356 e. The molecule has 1 aromatic carbocycles. The smallest absolute Gasteiger partial charge is 0.356 e. The van der Waals surface area contributed by atoms with Crippen molar-refractivity contribution < 1.29 is 19.1 Å². The number of hydrogen-bond acceptors (Lipinski definition) is 6. The van der Waals surface area contributed by atoms with Crippen LogP contribution in [-0.4, -0.2) is 54.2 Å². The van der Waals surface area contributed by atoms with Gasteiger partial charge < -0.3 is 14.4 Å². The molecule has 0 fully saturated rings. The molecule has 0 amide bonds. The van der Waals surface area contributed by atoms with Crippen molar-refractivity contribution in [2.24, 2.45) is 0 Å². The number of carbonyl (C=O) groups is 2. The molecule has 26 heavy (non-hydrogen) atoms. The summed E-state index contributed by atoms with van der Waals surface area (Å²) in [5.41, 5.74) is 1.31. The molecule has 7 nitrogen and oxygen atoms in total. The van der Waals surface area contributed by atoms with Crippen LogP contribution in [0.4, 0.5) is 0 Å². The Kier molecular flexibility index (Phi) is 6.54. The summed E-state index contributed by atoms with van der Waals surface area (Å²) in [5, 5.41) is 4.30. The van der Waals surface area contributed by atoms with Crippen molar-refractivity contribution in [1.29, 1.82) is 0 Å². The first-order chi connectivity index (χ1) is 12.4.